The van der Waals surface area contributed by atoms with E-state index in [0.717, 1.165) is 36.0 Å². The van der Waals surface area contributed by atoms with Gasteiger partial charge >= 0.3 is 5.97 Å². The third kappa shape index (κ3) is 4.87. The van der Waals surface area contributed by atoms with E-state index in [2.05, 4.69) is 33.1 Å². The number of hydrogen-bond donors (Lipinski definition) is 1. The number of carbonyl (C=O) groups excluding carboxylic acids is 1. The molecule has 0 aromatic heterocycles. The van der Waals surface area contributed by atoms with Crippen LogP contribution in [0.3, 0.4) is 0 Å². The maximum atomic E-state index is 11.9. The van der Waals surface area contributed by atoms with E-state index in [9.17, 15) is 4.79 Å². The van der Waals surface area contributed by atoms with Crippen molar-refractivity contribution in [2.45, 2.75) is 32.3 Å². The van der Waals surface area contributed by atoms with Gasteiger partial charge in [-0.05, 0) is 38.1 Å². The van der Waals surface area contributed by atoms with E-state index in [1.165, 1.54) is 0 Å². The third-order valence-corrected chi connectivity index (χ3v) is 4.46. The Morgan fingerprint density at radius 1 is 1.29 bits per heavy atom. The first-order valence-electron chi connectivity index (χ1n) is 7.29. The molecule has 4 heteroatoms. The van der Waals surface area contributed by atoms with Gasteiger partial charge in [-0.3, -0.25) is 0 Å². The molecule has 21 heavy (non-hydrogen) atoms. The van der Waals surface area contributed by atoms with Crippen LogP contribution in [0.25, 0.3) is 0 Å². The molecule has 1 aromatic carbocycles. The second kappa shape index (κ2) is 7.11. The third-order valence-electron chi connectivity index (χ3n) is 3.93. The van der Waals surface area contributed by atoms with E-state index >= 15 is 0 Å². The molecular formula is C17H21BrNO2+. The normalized spacial score (nSPS) is 16.0. The Bertz CT molecular complexity index is 548. The van der Waals surface area contributed by atoms with Gasteiger partial charge in [0, 0.05) is 34.7 Å². The molecule has 0 radical (unpaired) electrons. The van der Waals surface area contributed by atoms with Gasteiger partial charge in [-0.2, -0.15) is 0 Å². The summed E-state index contributed by atoms with van der Waals surface area (Å²) in [6.07, 6.45) is 2.17. The van der Waals surface area contributed by atoms with Gasteiger partial charge in [0.15, 0.2) is 0 Å². The Labute approximate surface area is 134 Å². The van der Waals surface area contributed by atoms with Crippen molar-refractivity contribution in [3.63, 3.8) is 0 Å². The number of hydrogen-bond acceptors (Lipinski definition) is 2. The lowest BCUT2D eigenvalue weighted by molar-refractivity contribution is -0.665. The maximum absolute atomic E-state index is 11.9. The smallest absolute Gasteiger partial charge is 0.385 e. The van der Waals surface area contributed by atoms with E-state index in [1.807, 2.05) is 38.1 Å². The summed E-state index contributed by atoms with van der Waals surface area (Å²) in [6, 6.07) is 7.54. The van der Waals surface area contributed by atoms with Crippen LogP contribution in [0.2, 0.25) is 0 Å². The number of piperidine rings is 1. The maximum Gasteiger partial charge on any atom is 0.385 e. The molecule has 1 heterocycles. The summed E-state index contributed by atoms with van der Waals surface area (Å²) >= 11 is 3.37. The number of rotatable bonds is 2. The Morgan fingerprint density at radius 3 is 2.52 bits per heavy atom. The van der Waals surface area contributed by atoms with Crippen LogP contribution in [-0.4, -0.2) is 24.7 Å². The van der Waals surface area contributed by atoms with Crippen molar-refractivity contribution in [1.82, 2.24) is 0 Å². The van der Waals surface area contributed by atoms with Gasteiger partial charge in [0.2, 0.25) is 0 Å². The highest BCUT2D eigenvalue weighted by Gasteiger charge is 2.34. The Hall–Kier alpha value is -1.31. The van der Waals surface area contributed by atoms with E-state index in [1.54, 1.807) is 0 Å². The zero-order valence-electron chi connectivity index (χ0n) is 12.5. The van der Waals surface area contributed by atoms with Gasteiger partial charge in [-0.25, -0.2) is 4.79 Å². The lowest BCUT2D eigenvalue weighted by Gasteiger charge is -2.34. The largest absolute Gasteiger partial charge is 0.450 e. The molecule has 1 aliphatic rings. The first-order valence-corrected chi connectivity index (χ1v) is 8.09. The summed E-state index contributed by atoms with van der Waals surface area (Å²) in [5.41, 5.74) is 0.361. The van der Waals surface area contributed by atoms with E-state index in [-0.39, 0.29) is 0 Å². The minimum absolute atomic E-state index is 0.418. The van der Waals surface area contributed by atoms with Crippen LogP contribution in [-0.2, 0) is 9.53 Å². The van der Waals surface area contributed by atoms with Crippen LogP contribution in [0.15, 0.2) is 28.7 Å². The number of carbonyl (C=O) groups is 1. The van der Waals surface area contributed by atoms with Crippen molar-refractivity contribution in [2.75, 3.05) is 13.1 Å². The van der Waals surface area contributed by atoms with Gasteiger partial charge in [0.05, 0.1) is 13.1 Å². The summed E-state index contributed by atoms with van der Waals surface area (Å²) in [7, 11) is 0. The van der Waals surface area contributed by atoms with Crippen molar-refractivity contribution >= 4 is 21.9 Å². The highest BCUT2D eigenvalue weighted by molar-refractivity contribution is 9.10. The molecule has 0 atom stereocenters. The van der Waals surface area contributed by atoms with E-state index < -0.39 is 11.6 Å². The molecule has 112 valence electrons. The standard InChI is InChI=1S/C17H20BrNO2/c1-17(2,14-9-11-19-12-10-14)21-16(20)8-5-13-3-6-15(18)7-4-13/h3-4,6-7,14,19H,9-12H2,1-2H3/p+1. The lowest BCUT2D eigenvalue weighted by Crippen LogP contribution is -2.86. The predicted octanol–water partition coefficient (Wildman–Crippen LogP) is 2.10. The highest BCUT2D eigenvalue weighted by Crippen LogP contribution is 2.27. The second-order valence-electron chi connectivity index (χ2n) is 5.89. The van der Waals surface area contributed by atoms with Gasteiger partial charge < -0.3 is 10.1 Å². The monoisotopic (exact) mass is 350 g/mol. The Balaban J connectivity index is 1.96. The van der Waals surface area contributed by atoms with Gasteiger partial charge in [-0.15, -0.1) is 0 Å². The van der Waals surface area contributed by atoms with Crippen LogP contribution in [0.1, 0.15) is 32.3 Å². The van der Waals surface area contributed by atoms with Gasteiger partial charge in [0.1, 0.15) is 5.60 Å². The van der Waals surface area contributed by atoms with Gasteiger partial charge in [-0.1, -0.05) is 21.9 Å². The fraction of sp³-hybridized carbons (Fsp3) is 0.471. The zero-order chi connectivity index (χ0) is 15.3. The van der Waals surface area contributed by atoms with Crippen LogP contribution in [0.5, 0.6) is 0 Å². The molecule has 0 aliphatic carbocycles. The minimum Gasteiger partial charge on any atom is -0.450 e. The molecule has 1 aromatic rings. The number of esters is 1. The average molecular weight is 351 g/mol. The number of ether oxygens (including phenoxy) is 1. The molecular weight excluding hydrogens is 330 g/mol. The zero-order valence-corrected chi connectivity index (χ0v) is 14.1. The van der Waals surface area contributed by atoms with Crippen molar-refractivity contribution in [3.8, 4) is 11.8 Å². The number of benzene rings is 1. The summed E-state index contributed by atoms with van der Waals surface area (Å²) in [4.78, 5) is 11.9. The first kappa shape index (κ1) is 16.1. The fourth-order valence-corrected chi connectivity index (χ4v) is 2.89. The number of quaternary nitrogens is 1. The summed E-state index contributed by atoms with van der Waals surface area (Å²) in [5, 5.41) is 2.31. The molecule has 0 bridgehead atoms. The van der Waals surface area contributed by atoms with Crippen molar-refractivity contribution in [2.24, 2.45) is 5.92 Å². The Morgan fingerprint density at radius 2 is 1.90 bits per heavy atom. The SMILES string of the molecule is CC(C)(OC(=O)C#Cc1ccc(Br)cc1)C1CC[NH2+]CC1. The molecule has 1 saturated heterocycles. The van der Waals surface area contributed by atoms with Crippen LogP contribution < -0.4 is 5.32 Å². The van der Waals surface area contributed by atoms with Crippen molar-refractivity contribution in [1.29, 1.82) is 0 Å². The van der Waals surface area contributed by atoms with E-state index in [0.29, 0.717) is 5.92 Å². The van der Waals surface area contributed by atoms with Crippen LogP contribution in [0, 0.1) is 17.8 Å². The molecule has 3 nitrogen and oxygen atoms in total. The summed E-state index contributed by atoms with van der Waals surface area (Å²) < 4.78 is 6.58. The molecule has 0 saturated carbocycles. The van der Waals surface area contributed by atoms with Crippen molar-refractivity contribution < 1.29 is 14.8 Å². The molecule has 0 unspecified atom stereocenters. The molecule has 1 fully saturated rings. The Kier molecular flexibility index (Phi) is 5.44. The average Bonchev–Trinajstić information content (AvgIpc) is 2.47. The molecule has 2 rings (SSSR count). The molecule has 0 spiro atoms. The van der Waals surface area contributed by atoms with Crippen molar-refractivity contribution in [3.05, 3.63) is 34.3 Å². The number of nitrogens with two attached hydrogens (primary N) is 1. The summed E-state index contributed by atoms with van der Waals surface area (Å²) in [5.74, 6) is 5.40. The quantitative estimate of drug-likeness (QED) is 0.655. The van der Waals surface area contributed by atoms with Crippen LogP contribution >= 0.6 is 15.9 Å². The summed E-state index contributed by atoms with van der Waals surface area (Å²) in [6.45, 7) is 6.19. The first-order chi connectivity index (χ1) is 9.97. The molecule has 2 N–H and O–H groups in total. The minimum atomic E-state index is -0.447. The molecule has 1 aliphatic heterocycles. The van der Waals surface area contributed by atoms with Crippen LogP contribution in [0.4, 0.5) is 0 Å². The predicted molar refractivity (Wildman–Crippen MR) is 85.6 cm³/mol. The highest BCUT2D eigenvalue weighted by atomic mass is 79.9. The lowest BCUT2D eigenvalue weighted by atomic mass is 9.83. The van der Waals surface area contributed by atoms with E-state index in [4.69, 9.17) is 4.74 Å². The topological polar surface area (TPSA) is 42.9 Å². The fourth-order valence-electron chi connectivity index (χ4n) is 2.63. The number of halogens is 1. The van der Waals surface area contributed by atoms with Gasteiger partial charge in [0.25, 0.3) is 0 Å². The second-order valence-corrected chi connectivity index (χ2v) is 6.81. The molecule has 0 amide bonds.